The smallest absolute Gasteiger partial charge is 0.133 e. The maximum absolute atomic E-state index is 4.59. The molecule has 2 heterocycles. The SMILES string of the molecule is Cc1nc2ccc(N(C)c3ccc(Br)c(C)n3)cc2[nH]1. The Balaban J connectivity index is 2.02. The highest BCUT2D eigenvalue weighted by molar-refractivity contribution is 9.10. The van der Waals surface area contributed by atoms with Crippen molar-refractivity contribution in [2.45, 2.75) is 13.8 Å². The summed E-state index contributed by atoms with van der Waals surface area (Å²) in [6.07, 6.45) is 0. The van der Waals surface area contributed by atoms with E-state index >= 15 is 0 Å². The summed E-state index contributed by atoms with van der Waals surface area (Å²) in [4.78, 5) is 14.3. The molecule has 2 aromatic heterocycles. The van der Waals surface area contributed by atoms with Gasteiger partial charge in [-0.15, -0.1) is 0 Å². The monoisotopic (exact) mass is 330 g/mol. The summed E-state index contributed by atoms with van der Waals surface area (Å²) in [6, 6.07) is 10.2. The maximum atomic E-state index is 4.59. The van der Waals surface area contributed by atoms with Crippen LogP contribution >= 0.6 is 15.9 Å². The third-order valence-corrected chi connectivity index (χ3v) is 4.16. The molecule has 0 radical (unpaired) electrons. The minimum absolute atomic E-state index is 0.918. The van der Waals surface area contributed by atoms with Gasteiger partial charge in [0.1, 0.15) is 11.6 Å². The molecule has 0 unspecified atom stereocenters. The third-order valence-electron chi connectivity index (χ3n) is 3.32. The lowest BCUT2D eigenvalue weighted by Crippen LogP contribution is -2.11. The van der Waals surface area contributed by atoms with E-state index in [1.54, 1.807) is 0 Å². The van der Waals surface area contributed by atoms with E-state index in [4.69, 9.17) is 0 Å². The molecule has 1 aromatic carbocycles. The standard InChI is InChI=1S/C15H15BrN4/c1-9-12(16)5-7-15(17-9)20(3)11-4-6-13-14(8-11)19-10(2)18-13/h4-8H,1-3H3,(H,18,19). The molecular formula is C15H15BrN4. The highest BCUT2D eigenvalue weighted by Crippen LogP contribution is 2.26. The van der Waals surface area contributed by atoms with Gasteiger partial charge in [-0.1, -0.05) is 0 Å². The summed E-state index contributed by atoms with van der Waals surface area (Å²) in [5.41, 5.74) is 4.09. The van der Waals surface area contributed by atoms with Crippen LogP contribution in [0.2, 0.25) is 0 Å². The summed E-state index contributed by atoms with van der Waals surface area (Å²) in [5, 5.41) is 0. The molecule has 0 aliphatic carbocycles. The number of aromatic amines is 1. The van der Waals surface area contributed by atoms with E-state index in [0.29, 0.717) is 0 Å². The number of H-pyrrole nitrogens is 1. The summed E-state index contributed by atoms with van der Waals surface area (Å²) in [6.45, 7) is 3.95. The second kappa shape index (κ2) is 4.90. The van der Waals surface area contributed by atoms with E-state index < -0.39 is 0 Å². The Kier molecular flexibility index (Phi) is 3.22. The van der Waals surface area contributed by atoms with Crippen molar-refractivity contribution in [2.24, 2.45) is 0 Å². The fourth-order valence-electron chi connectivity index (χ4n) is 2.18. The highest BCUT2D eigenvalue weighted by Gasteiger charge is 2.09. The Hall–Kier alpha value is -1.88. The van der Waals surface area contributed by atoms with Crippen LogP contribution in [0.5, 0.6) is 0 Å². The van der Waals surface area contributed by atoms with Gasteiger partial charge in [-0.25, -0.2) is 9.97 Å². The maximum Gasteiger partial charge on any atom is 0.133 e. The van der Waals surface area contributed by atoms with Crippen LogP contribution in [0.1, 0.15) is 11.5 Å². The largest absolute Gasteiger partial charge is 0.342 e. The first-order chi connectivity index (χ1) is 9.54. The molecule has 0 amide bonds. The van der Waals surface area contributed by atoms with Crippen molar-refractivity contribution in [1.29, 1.82) is 0 Å². The number of anilines is 2. The lowest BCUT2D eigenvalue weighted by atomic mass is 10.2. The van der Waals surface area contributed by atoms with Crippen molar-refractivity contribution < 1.29 is 0 Å². The molecule has 0 spiro atoms. The third kappa shape index (κ3) is 2.29. The fourth-order valence-corrected chi connectivity index (χ4v) is 2.40. The van der Waals surface area contributed by atoms with E-state index in [-0.39, 0.29) is 0 Å². The lowest BCUT2D eigenvalue weighted by Gasteiger charge is -2.19. The second-order valence-electron chi connectivity index (χ2n) is 4.82. The topological polar surface area (TPSA) is 44.8 Å². The average Bonchev–Trinajstić information content (AvgIpc) is 2.80. The molecule has 1 N–H and O–H groups in total. The predicted molar refractivity (Wildman–Crippen MR) is 85.6 cm³/mol. The number of aryl methyl sites for hydroxylation is 2. The molecule has 20 heavy (non-hydrogen) atoms. The minimum atomic E-state index is 0.918. The van der Waals surface area contributed by atoms with Gasteiger partial charge in [-0.05, 0) is 60.1 Å². The number of imidazole rings is 1. The number of aromatic nitrogens is 3. The van der Waals surface area contributed by atoms with Gasteiger partial charge in [0.2, 0.25) is 0 Å². The van der Waals surface area contributed by atoms with Crippen LogP contribution in [0.15, 0.2) is 34.8 Å². The van der Waals surface area contributed by atoms with Crippen LogP contribution in [0.4, 0.5) is 11.5 Å². The Morgan fingerprint density at radius 2 is 1.90 bits per heavy atom. The first-order valence-electron chi connectivity index (χ1n) is 6.38. The molecule has 0 saturated heterocycles. The van der Waals surface area contributed by atoms with Crippen LogP contribution in [-0.4, -0.2) is 22.0 Å². The van der Waals surface area contributed by atoms with Gasteiger partial charge in [0, 0.05) is 17.2 Å². The summed E-state index contributed by atoms with van der Waals surface area (Å²) in [5.74, 6) is 1.85. The Bertz CT molecular complexity index is 779. The molecule has 0 atom stereocenters. The van der Waals surface area contributed by atoms with Crippen molar-refractivity contribution >= 4 is 38.5 Å². The zero-order valence-corrected chi connectivity index (χ0v) is 13.2. The zero-order chi connectivity index (χ0) is 14.3. The van der Waals surface area contributed by atoms with Crippen molar-refractivity contribution in [3.05, 3.63) is 46.3 Å². The number of pyridine rings is 1. The van der Waals surface area contributed by atoms with E-state index in [2.05, 4.69) is 47.9 Å². The summed E-state index contributed by atoms with van der Waals surface area (Å²) in [7, 11) is 2.01. The van der Waals surface area contributed by atoms with Crippen molar-refractivity contribution in [1.82, 2.24) is 15.0 Å². The molecular weight excluding hydrogens is 316 g/mol. The summed E-state index contributed by atoms with van der Waals surface area (Å²) >= 11 is 3.48. The van der Waals surface area contributed by atoms with Crippen molar-refractivity contribution in [3.8, 4) is 0 Å². The van der Waals surface area contributed by atoms with Crippen LogP contribution in [-0.2, 0) is 0 Å². The van der Waals surface area contributed by atoms with Crippen LogP contribution in [0, 0.1) is 13.8 Å². The second-order valence-corrected chi connectivity index (χ2v) is 5.67. The molecule has 3 rings (SSSR count). The Morgan fingerprint density at radius 1 is 1.10 bits per heavy atom. The van der Waals surface area contributed by atoms with Gasteiger partial charge in [0.25, 0.3) is 0 Å². The molecule has 0 saturated carbocycles. The average molecular weight is 331 g/mol. The number of hydrogen-bond acceptors (Lipinski definition) is 3. The number of halogens is 1. The number of nitrogens with one attached hydrogen (secondary N) is 1. The van der Waals surface area contributed by atoms with E-state index in [0.717, 1.165) is 38.5 Å². The van der Waals surface area contributed by atoms with Crippen LogP contribution in [0.3, 0.4) is 0 Å². The van der Waals surface area contributed by atoms with E-state index in [9.17, 15) is 0 Å². The predicted octanol–water partition coefficient (Wildman–Crippen LogP) is 4.11. The number of rotatable bonds is 2. The van der Waals surface area contributed by atoms with Gasteiger partial charge < -0.3 is 9.88 Å². The molecule has 0 fully saturated rings. The number of hydrogen-bond donors (Lipinski definition) is 1. The molecule has 0 aliphatic rings. The van der Waals surface area contributed by atoms with Gasteiger partial charge >= 0.3 is 0 Å². The fraction of sp³-hybridized carbons (Fsp3) is 0.200. The minimum Gasteiger partial charge on any atom is -0.342 e. The number of fused-ring (bicyclic) bond motifs is 1. The molecule has 5 heteroatoms. The molecule has 0 aliphatic heterocycles. The molecule has 3 aromatic rings. The Labute approximate surface area is 126 Å². The van der Waals surface area contributed by atoms with Crippen LogP contribution in [0.25, 0.3) is 11.0 Å². The molecule has 102 valence electrons. The normalized spacial score (nSPS) is 11.0. The van der Waals surface area contributed by atoms with Gasteiger partial charge in [0.05, 0.1) is 16.7 Å². The first-order valence-corrected chi connectivity index (χ1v) is 7.17. The highest BCUT2D eigenvalue weighted by atomic mass is 79.9. The number of benzene rings is 1. The van der Waals surface area contributed by atoms with Gasteiger partial charge in [0.15, 0.2) is 0 Å². The lowest BCUT2D eigenvalue weighted by molar-refractivity contribution is 1.08. The molecule has 0 bridgehead atoms. The van der Waals surface area contributed by atoms with E-state index in [1.165, 1.54) is 0 Å². The van der Waals surface area contributed by atoms with Crippen molar-refractivity contribution in [3.63, 3.8) is 0 Å². The number of nitrogens with zero attached hydrogens (tertiary/aromatic N) is 3. The van der Waals surface area contributed by atoms with Crippen molar-refractivity contribution in [2.75, 3.05) is 11.9 Å². The van der Waals surface area contributed by atoms with Gasteiger partial charge in [-0.3, -0.25) is 0 Å². The van der Waals surface area contributed by atoms with E-state index in [1.807, 2.05) is 39.1 Å². The summed E-state index contributed by atoms with van der Waals surface area (Å²) < 4.78 is 1.02. The Morgan fingerprint density at radius 3 is 2.65 bits per heavy atom. The van der Waals surface area contributed by atoms with Crippen LogP contribution < -0.4 is 4.90 Å². The molecule has 4 nitrogen and oxygen atoms in total. The first kappa shape index (κ1) is 13.1. The quantitative estimate of drug-likeness (QED) is 0.769. The van der Waals surface area contributed by atoms with Gasteiger partial charge in [-0.2, -0.15) is 0 Å². The zero-order valence-electron chi connectivity index (χ0n) is 11.6.